The van der Waals surface area contributed by atoms with E-state index < -0.39 is 41.1 Å². The van der Waals surface area contributed by atoms with Crippen LogP contribution in [0.2, 0.25) is 0 Å². The number of aliphatic hydroxyl groups excluding tert-OH is 2. The Morgan fingerprint density at radius 2 is 1.59 bits per heavy atom. The third kappa shape index (κ3) is 8.93. The van der Waals surface area contributed by atoms with Gasteiger partial charge in [0.15, 0.2) is 0 Å². The minimum Gasteiger partial charge on any atom is -0.394 e. The molecule has 11 heteroatoms. The number of rotatable bonds is 14. The minimum atomic E-state index is -3.97. The highest BCUT2D eigenvalue weighted by molar-refractivity contribution is 7.86. The molecule has 2 aromatic rings. The number of benzene rings is 2. The molecule has 0 aliphatic rings. The highest BCUT2D eigenvalue weighted by atomic mass is 32.2. The fourth-order valence-electron chi connectivity index (χ4n) is 2.96. The molecule has 0 spiro atoms. The van der Waals surface area contributed by atoms with Crippen molar-refractivity contribution in [2.24, 2.45) is 5.11 Å². The molecular weight excluding hydrogens is 438 g/mol. The van der Waals surface area contributed by atoms with E-state index in [-0.39, 0.29) is 19.8 Å². The highest BCUT2D eigenvalue weighted by Gasteiger charge is 2.37. The van der Waals surface area contributed by atoms with Gasteiger partial charge >= 0.3 is 0 Å². The summed E-state index contributed by atoms with van der Waals surface area (Å²) in [5.41, 5.74) is 10.6. The summed E-state index contributed by atoms with van der Waals surface area (Å²) in [6.45, 7) is -0.705. The Labute approximate surface area is 187 Å². The van der Waals surface area contributed by atoms with Crippen LogP contribution in [0, 0.1) is 0 Å². The van der Waals surface area contributed by atoms with Gasteiger partial charge in [0.2, 0.25) is 0 Å². The normalized spacial score (nSPS) is 15.3. The van der Waals surface area contributed by atoms with Gasteiger partial charge in [0.05, 0.1) is 44.8 Å². The lowest BCUT2D eigenvalue weighted by Crippen LogP contribution is -2.49. The summed E-state index contributed by atoms with van der Waals surface area (Å²) in [4.78, 5) is 2.75. The Morgan fingerprint density at radius 1 is 1.03 bits per heavy atom. The lowest BCUT2D eigenvalue weighted by atomic mass is 10.0. The molecule has 2 aromatic carbocycles. The predicted molar refractivity (Wildman–Crippen MR) is 117 cm³/mol. The Morgan fingerprint density at radius 3 is 2.09 bits per heavy atom. The van der Waals surface area contributed by atoms with E-state index in [1.54, 1.807) is 24.3 Å². The van der Waals surface area contributed by atoms with Crippen LogP contribution in [0.3, 0.4) is 0 Å². The van der Waals surface area contributed by atoms with E-state index >= 15 is 0 Å². The molecule has 10 nitrogen and oxygen atoms in total. The first kappa shape index (κ1) is 25.8. The van der Waals surface area contributed by atoms with Gasteiger partial charge in [0.1, 0.15) is 12.2 Å². The van der Waals surface area contributed by atoms with Crippen LogP contribution in [0.4, 0.5) is 0 Å². The number of hydrogen-bond acceptors (Lipinski definition) is 8. The topological polar surface area (TPSA) is 151 Å². The number of azide groups is 1. The number of aliphatic hydroxyl groups is 2. The van der Waals surface area contributed by atoms with Crippen LogP contribution in [0.5, 0.6) is 0 Å². The van der Waals surface area contributed by atoms with E-state index in [1.165, 1.54) is 0 Å². The average molecular weight is 466 g/mol. The van der Waals surface area contributed by atoms with Crippen LogP contribution < -0.4 is 0 Å². The summed E-state index contributed by atoms with van der Waals surface area (Å²) in [7, 11) is -3.97. The lowest BCUT2D eigenvalue weighted by Gasteiger charge is -2.32. The van der Waals surface area contributed by atoms with Crippen molar-refractivity contribution < 1.29 is 32.3 Å². The van der Waals surface area contributed by atoms with Crippen LogP contribution in [0.25, 0.3) is 10.4 Å². The second-order valence-electron chi connectivity index (χ2n) is 7.05. The van der Waals surface area contributed by atoms with E-state index in [0.29, 0.717) is 0 Å². The van der Waals surface area contributed by atoms with Crippen molar-refractivity contribution in [3.8, 4) is 0 Å². The van der Waals surface area contributed by atoms with E-state index in [1.807, 2.05) is 36.4 Å². The molecule has 32 heavy (non-hydrogen) atoms. The molecule has 0 unspecified atom stereocenters. The van der Waals surface area contributed by atoms with Gasteiger partial charge in [0, 0.05) is 4.91 Å². The van der Waals surface area contributed by atoms with Gasteiger partial charge in [-0.25, -0.2) is 0 Å². The van der Waals surface area contributed by atoms with E-state index in [2.05, 4.69) is 10.0 Å². The van der Waals surface area contributed by atoms with Crippen LogP contribution >= 0.6 is 0 Å². The van der Waals surface area contributed by atoms with Crippen LogP contribution in [-0.2, 0) is 37.0 Å². The Balaban J connectivity index is 2.16. The molecule has 2 rings (SSSR count). The van der Waals surface area contributed by atoms with Crippen molar-refractivity contribution in [3.63, 3.8) is 0 Å². The van der Waals surface area contributed by atoms with E-state index in [9.17, 15) is 18.6 Å². The summed E-state index contributed by atoms with van der Waals surface area (Å²) in [5.74, 6) is 0. The first-order chi connectivity index (χ1) is 15.3. The van der Waals surface area contributed by atoms with Gasteiger partial charge in [-0.3, -0.25) is 4.18 Å². The third-order valence-electron chi connectivity index (χ3n) is 4.46. The van der Waals surface area contributed by atoms with Crippen molar-refractivity contribution in [1.29, 1.82) is 0 Å². The first-order valence-corrected chi connectivity index (χ1v) is 11.6. The fourth-order valence-corrected chi connectivity index (χ4v) is 3.58. The van der Waals surface area contributed by atoms with E-state index in [0.717, 1.165) is 17.4 Å². The smallest absolute Gasteiger partial charge is 0.264 e. The van der Waals surface area contributed by atoms with Crippen LogP contribution in [0.15, 0.2) is 65.8 Å². The first-order valence-electron chi connectivity index (χ1n) is 9.82. The zero-order chi connectivity index (χ0) is 23.4. The molecule has 174 valence electrons. The molecular formula is C21H27N3O7S. The monoisotopic (exact) mass is 465 g/mol. The van der Waals surface area contributed by atoms with Crippen molar-refractivity contribution in [3.05, 3.63) is 82.2 Å². The Kier molecular flexibility index (Phi) is 10.6. The zero-order valence-corrected chi connectivity index (χ0v) is 18.4. The molecule has 0 saturated carbocycles. The summed E-state index contributed by atoms with van der Waals surface area (Å²) in [5, 5.41) is 24.2. The fraction of sp³-hybridized carbons (Fsp3) is 0.429. The third-order valence-corrected chi connectivity index (χ3v) is 5.06. The van der Waals surface area contributed by atoms with Crippen LogP contribution in [-0.4, -0.2) is 62.5 Å². The Hall–Kier alpha value is -2.50. The number of nitrogens with zero attached hydrogens (tertiary/aromatic N) is 3. The number of hydrogen-bond donors (Lipinski definition) is 2. The molecule has 0 saturated heterocycles. The second kappa shape index (κ2) is 13.1. The molecule has 0 amide bonds. The summed E-state index contributed by atoms with van der Waals surface area (Å²) < 4.78 is 39.5. The van der Waals surface area contributed by atoms with Crippen LogP contribution in [0.1, 0.15) is 11.1 Å². The lowest BCUT2D eigenvalue weighted by molar-refractivity contribution is -0.120. The SMILES string of the molecule is CS(=O)(=O)O[C@H](CO)[C@H](OCc1ccccc1)[C@H](O)[C@@H](COCc1ccccc1)N=[N+]=[N-]. The molecule has 2 N–H and O–H groups in total. The maximum absolute atomic E-state index is 11.6. The maximum Gasteiger partial charge on any atom is 0.264 e. The highest BCUT2D eigenvalue weighted by Crippen LogP contribution is 2.19. The molecule has 0 radical (unpaired) electrons. The summed E-state index contributed by atoms with van der Waals surface area (Å²) in [6, 6.07) is 17.1. The summed E-state index contributed by atoms with van der Waals surface area (Å²) in [6.07, 6.45) is -3.45. The molecule has 4 atom stereocenters. The standard InChI is InChI=1S/C21H27N3O7S/c1-32(27,28)31-19(12-25)21(30-14-17-10-6-3-7-11-17)20(26)18(23-24-22)15-29-13-16-8-4-2-5-9-16/h2-11,18-21,25-26H,12-15H2,1H3/t18-,19-,20-,21+/m1/s1. The van der Waals surface area contributed by atoms with Crippen molar-refractivity contribution in [1.82, 2.24) is 0 Å². The van der Waals surface area contributed by atoms with Crippen molar-refractivity contribution in [2.75, 3.05) is 19.5 Å². The quantitative estimate of drug-likeness (QED) is 0.188. The molecule has 0 aliphatic carbocycles. The van der Waals surface area contributed by atoms with Gasteiger partial charge in [-0.2, -0.15) is 8.42 Å². The average Bonchev–Trinajstić information content (AvgIpc) is 2.78. The molecule has 0 aromatic heterocycles. The van der Waals surface area contributed by atoms with Gasteiger partial charge in [-0.15, -0.1) is 0 Å². The molecule has 0 aliphatic heterocycles. The minimum absolute atomic E-state index is 0.0000485. The molecule has 0 fully saturated rings. The Bertz CT molecular complexity index is 954. The van der Waals surface area contributed by atoms with Gasteiger partial charge in [-0.05, 0) is 16.7 Å². The van der Waals surface area contributed by atoms with Crippen molar-refractivity contribution in [2.45, 2.75) is 37.6 Å². The second-order valence-corrected chi connectivity index (χ2v) is 8.65. The predicted octanol–water partition coefficient (Wildman–Crippen LogP) is 2.17. The molecule has 0 bridgehead atoms. The van der Waals surface area contributed by atoms with Gasteiger partial charge in [-0.1, -0.05) is 65.8 Å². The van der Waals surface area contributed by atoms with E-state index in [4.69, 9.17) is 19.2 Å². The largest absolute Gasteiger partial charge is 0.394 e. The maximum atomic E-state index is 11.6. The zero-order valence-electron chi connectivity index (χ0n) is 17.6. The van der Waals surface area contributed by atoms with Crippen molar-refractivity contribution >= 4 is 10.1 Å². The van der Waals surface area contributed by atoms with Gasteiger partial charge in [0.25, 0.3) is 10.1 Å². The molecule has 0 heterocycles. The summed E-state index contributed by atoms with van der Waals surface area (Å²) >= 11 is 0. The van der Waals surface area contributed by atoms with Gasteiger partial charge < -0.3 is 19.7 Å². The number of ether oxygens (including phenoxy) is 2.